The average molecular weight is 569 g/mol. The minimum absolute atomic E-state index is 0.0446. The molecule has 0 aliphatic carbocycles. The number of halogens is 1. The van der Waals surface area contributed by atoms with E-state index in [0.717, 1.165) is 45.4 Å². The van der Waals surface area contributed by atoms with Crippen molar-refractivity contribution in [1.82, 2.24) is 25.0 Å². The van der Waals surface area contributed by atoms with Crippen molar-refractivity contribution in [3.8, 4) is 11.6 Å². The number of rotatable bonds is 11. The van der Waals surface area contributed by atoms with Crippen molar-refractivity contribution >= 4 is 11.7 Å². The van der Waals surface area contributed by atoms with Crippen molar-refractivity contribution in [2.75, 3.05) is 37.6 Å². The Morgan fingerprint density at radius 3 is 2.63 bits per heavy atom. The van der Waals surface area contributed by atoms with Crippen LogP contribution in [0.1, 0.15) is 64.2 Å². The number of carbonyl (C=O) groups excluding carboxylic acids is 1. The molecule has 2 saturated heterocycles. The summed E-state index contributed by atoms with van der Waals surface area (Å²) in [5.74, 6) is 0.739. The van der Waals surface area contributed by atoms with E-state index in [1.54, 1.807) is 17.4 Å². The van der Waals surface area contributed by atoms with E-state index in [1.807, 2.05) is 20.8 Å². The molecule has 222 valence electrons. The van der Waals surface area contributed by atoms with Crippen molar-refractivity contribution in [2.45, 2.75) is 72.3 Å². The van der Waals surface area contributed by atoms with Gasteiger partial charge in [-0.2, -0.15) is 0 Å². The number of benzene rings is 1. The normalized spacial score (nSPS) is 19.0. The molecule has 2 aromatic rings. The van der Waals surface area contributed by atoms with Crippen LogP contribution in [0.4, 0.5) is 10.2 Å². The highest BCUT2D eigenvalue weighted by atomic mass is 19.1. The Hall–Kier alpha value is -3.47. The van der Waals surface area contributed by atoms with E-state index >= 15 is 0 Å². The van der Waals surface area contributed by atoms with E-state index in [2.05, 4.69) is 38.8 Å². The van der Waals surface area contributed by atoms with E-state index in [9.17, 15) is 9.18 Å². The van der Waals surface area contributed by atoms with Crippen LogP contribution < -0.4 is 9.64 Å². The molecule has 41 heavy (non-hydrogen) atoms. The van der Waals surface area contributed by atoms with Crippen LogP contribution in [-0.4, -0.2) is 82.0 Å². The SMILES string of the molecule is CCN(C(=O)c1cc(F)ccc1Oc1nncnc1N1CCC2(C1)CN([C@H](CCC1OC=CO1)C(C)C)C2)C(C)C. The highest BCUT2D eigenvalue weighted by molar-refractivity contribution is 5.97. The van der Waals surface area contributed by atoms with Gasteiger partial charge in [0.05, 0.1) is 5.56 Å². The van der Waals surface area contributed by atoms with E-state index in [4.69, 9.17) is 14.2 Å². The van der Waals surface area contributed by atoms with Gasteiger partial charge < -0.3 is 24.0 Å². The second kappa shape index (κ2) is 12.2. The molecule has 0 N–H and O–H groups in total. The zero-order valence-corrected chi connectivity index (χ0v) is 24.6. The number of amides is 1. The molecule has 1 aromatic carbocycles. The monoisotopic (exact) mass is 568 g/mol. The van der Waals surface area contributed by atoms with Crippen molar-refractivity contribution in [3.05, 3.63) is 48.4 Å². The molecule has 10 nitrogen and oxygen atoms in total. The summed E-state index contributed by atoms with van der Waals surface area (Å²) in [6.45, 7) is 14.5. The lowest BCUT2D eigenvalue weighted by molar-refractivity contribution is -0.0594. The van der Waals surface area contributed by atoms with Gasteiger partial charge in [0.25, 0.3) is 11.8 Å². The number of aromatic nitrogens is 3. The molecule has 5 rings (SSSR count). The van der Waals surface area contributed by atoms with E-state index in [-0.39, 0.29) is 40.8 Å². The molecule has 0 unspecified atom stereocenters. The van der Waals surface area contributed by atoms with E-state index in [0.29, 0.717) is 24.3 Å². The van der Waals surface area contributed by atoms with Gasteiger partial charge in [-0.3, -0.25) is 9.69 Å². The summed E-state index contributed by atoms with van der Waals surface area (Å²) < 4.78 is 31.4. The Balaban J connectivity index is 1.27. The van der Waals surface area contributed by atoms with Crippen molar-refractivity contribution in [1.29, 1.82) is 0 Å². The van der Waals surface area contributed by atoms with Gasteiger partial charge in [0.2, 0.25) is 6.29 Å². The number of carbonyl (C=O) groups is 1. The summed E-state index contributed by atoms with van der Waals surface area (Å²) >= 11 is 0. The molecule has 4 heterocycles. The number of anilines is 1. The maximum atomic E-state index is 14.2. The predicted molar refractivity (Wildman–Crippen MR) is 152 cm³/mol. The van der Waals surface area contributed by atoms with Crippen LogP contribution in [0.3, 0.4) is 0 Å². The maximum Gasteiger partial charge on any atom is 0.282 e. The van der Waals surface area contributed by atoms with Gasteiger partial charge in [0.15, 0.2) is 5.82 Å². The molecule has 1 atom stereocenters. The standard InChI is InChI=1S/C30H41FN6O4/c1-6-37(21(4)5)29(38)23-15-22(31)7-9-25(23)41-28-27(32-19-33-34-28)35-12-11-30(16-35)17-36(18-30)24(20(2)3)8-10-26-39-13-14-40-26/h7,9,13-15,19-21,24,26H,6,8,10-12,16-18H2,1-5H3/t24-/m1/s1. The molecule has 2 fully saturated rings. The fourth-order valence-corrected chi connectivity index (χ4v) is 6.38. The molecule has 1 aromatic heterocycles. The minimum atomic E-state index is -0.506. The largest absolute Gasteiger partial charge is 0.459 e. The van der Waals surface area contributed by atoms with Crippen molar-refractivity contribution in [3.63, 3.8) is 0 Å². The lowest BCUT2D eigenvalue weighted by atomic mass is 9.76. The Bertz CT molecular complexity index is 1240. The Morgan fingerprint density at radius 1 is 1.20 bits per heavy atom. The van der Waals surface area contributed by atoms with Crippen LogP contribution in [0.15, 0.2) is 37.1 Å². The first-order valence-electron chi connectivity index (χ1n) is 14.6. The Labute approximate surface area is 241 Å². The fourth-order valence-electron chi connectivity index (χ4n) is 6.38. The van der Waals surface area contributed by atoms with Gasteiger partial charge in [-0.1, -0.05) is 13.8 Å². The highest BCUT2D eigenvalue weighted by Crippen LogP contribution is 2.44. The van der Waals surface area contributed by atoms with E-state index in [1.165, 1.54) is 24.5 Å². The third-order valence-electron chi connectivity index (χ3n) is 8.44. The summed E-state index contributed by atoms with van der Waals surface area (Å²) in [6, 6.07) is 4.38. The molecular weight excluding hydrogens is 527 g/mol. The van der Waals surface area contributed by atoms with Gasteiger partial charge in [0.1, 0.15) is 30.4 Å². The van der Waals surface area contributed by atoms with Gasteiger partial charge in [-0.25, -0.2) is 9.37 Å². The van der Waals surface area contributed by atoms with E-state index < -0.39 is 5.82 Å². The third kappa shape index (κ3) is 6.24. The molecule has 0 bridgehead atoms. The van der Waals surface area contributed by atoms with Crippen molar-refractivity contribution < 1.29 is 23.4 Å². The fraction of sp³-hybridized carbons (Fsp3) is 0.600. The lowest BCUT2D eigenvalue weighted by Gasteiger charge is -2.53. The summed E-state index contributed by atoms with van der Waals surface area (Å²) in [6.07, 6.45) is 7.37. The van der Waals surface area contributed by atoms with Crippen LogP contribution in [0.25, 0.3) is 0 Å². The summed E-state index contributed by atoms with van der Waals surface area (Å²) in [7, 11) is 0. The molecule has 3 aliphatic rings. The first-order chi connectivity index (χ1) is 19.7. The predicted octanol–water partition coefficient (Wildman–Crippen LogP) is 4.83. The van der Waals surface area contributed by atoms with Gasteiger partial charge >= 0.3 is 0 Å². The maximum absolute atomic E-state index is 14.2. The smallest absolute Gasteiger partial charge is 0.282 e. The molecule has 0 radical (unpaired) electrons. The molecule has 1 spiro atoms. The number of likely N-dealkylation sites (tertiary alicyclic amines) is 1. The Kier molecular flexibility index (Phi) is 8.63. The number of hydrogen-bond donors (Lipinski definition) is 0. The number of nitrogens with zero attached hydrogens (tertiary/aromatic N) is 6. The van der Waals surface area contributed by atoms with Crippen molar-refractivity contribution in [2.24, 2.45) is 11.3 Å². The molecule has 1 amide bonds. The molecule has 3 aliphatic heterocycles. The Morgan fingerprint density at radius 2 is 1.95 bits per heavy atom. The van der Waals surface area contributed by atoms with Gasteiger partial charge in [-0.05, 0) is 57.7 Å². The lowest BCUT2D eigenvalue weighted by Crippen LogP contribution is -2.62. The first kappa shape index (κ1) is 29.0. The number of ether oxygens (including phenoxy) is 3. The molecular formula is C30H41FN6O4. The highest BCUT2D eigenvalue weighted by Gasteiger charge is 2.50. The zero-order valence-electron chi connectivity index (χ0n) is 24.6. The topological polar surface area (TPSA) is 93.2 Å². The van der Waals surface area contributed by atoms with Gasteiger partial charge in [0, 0.05) is 56.6 Å². The van der Waals surface area contributed by atoms with Crippen LogP contribution in [-0.2, 0) is 9.47 Å². The first-order valence-corrected chi connectivity index (χ1v) is 14.6. The van der Waals surface area contributed by atoms with Gasteiger partial charge in [-0.15, -0.1) is 10.2 Å². The average Bonchev–Trinajstić information content (AvgIpc) is 3.60. The van der Waals surface area contributed by atoms with Crippen LogP contribution >= 0.6 is 0 Å². The van der Waals surface area contributed by atoms with Crippen LogP contribution in [0.5, 0.6) is 11.6 Å². The minimum Gasteiger partial charge on any atom is -0.459 e. The quantitative estimate of drug-likeness (QED) is 0.378. The summed E-state index contributed by atoms with van der Waals surface area (Å²) in [5.41, 5.74) is 0.321. The molecule has 0 saturated carbocycles. The molecule has 11 heteroatoms. The van der Waals surface area contributed by atoms with Crippen LogP contribution in [0, 0.1) is 17.2 Å². The van der Waals surface area contributed by atoms with Crippen LogP contribution in [0.2, 0.25) is 0 Å². The number of hydrogen-bond acceptors (Lipinski definition) is 9. The zero-order chi connectivity index (χ0) is 29.1. The second-order valence-corrected chi connectivity index (χ2v) is 12.0. The second-order valence-electron chi connectivity index (χ2n) is 12.0. The third-order valence-corrected chi connectivity index (χ3v) is 8.44. The summed E-state index contributed by atoms with van der Waals surface area (Å²) in [5, 5.41) is 8.17. The summed E-state index contributed by atoms with van der Waals surface area (Å²) in [4.78, 5) is 24.3.